The third kappa shape index (κ3) is 3.60. The Balaban J connectivity index is 2.12. The van der Waals surface area contributed by atoms with E-state index in [9.17, 15) is 18.0 Å². The fourth-order valence-electron chi connectivity index (χ4n) is 1.48. The number of hydrogen-bond donors (Lipinski definition) is 0. The molecule has 2 aromatic rings. The smallest absolute Gasteiger partial charge is 0.454 e. The molecule has 0 radical (unpaired) electrons. The first-order valence-corrected chi connectivity index (χ1v) is 6.30. The highest BCUT2D eigenvalue weighted by molar-refractivity contribution is 9.10. The molecule has 2 rings (SSSR count). The van der Waals surface area contributed by atoms with Crippen molar-refractivity contribution in [2.75, 3.05) is 0 Å². The van der Waals surface area contributed by atoms with Gasteiger partial charge >= 0.3 is 6.18 Å². The van der Waals surface area contributed by atoms with E-state index in [0.29, 0.717) is 11.5 Å². The quantitative estimate of drug-likeness (QED) is 0.733. The van der Waals surface area contributed by atoms with E-state index in [-0.39, 0.29) is 0 Å². The molecule has 0 amide bonds. The van der Waals surface area contributed by atoms with Crippen molar-refractivity contribution in [2.24, 2.45) is 0 Å². The zero-order chi connectivity index (χ0) is 14.8. The second-order valence-electron chi connectivity index (χ2n) is 3.91. The van der Waals surface area contributed by atoms with Gasteiger partial charge in [0.25, 0.3) is 5.78 Å². The van der Waals surface area contributed by atoms with Crippen molar-refractivity contribution >= 4 is 21.7 Å². The van der Waals surface area contributed by atoms with Crippen LogP contribution in [0.3, 0.4) is 0 Å². The minimum absolute atomic E-state index is 0.353. The number of ether oxygens (including phenoxy) is 1. The van der Waals surface area contributed by atoms with E-state index in [0.717, 1.165) is 16.6 Å². The summed E-state index contributed by atoms with van der Waals surface area (Å²) in [5.41, 5.74) is -0.416. The molecule has 0 saturated heterocycles. The zero-order valence-electron chi connectivity index (χ0n) is 9.95. The highest BCUT2D eigenvalue weighted by atomic mass is 79.9. The van der Waals surface area contributed by atoms with Gasteiger partial charge in [-0.3, -0.25) is 4.79 Å². The van der Waals surface area contributed by atoms with E-state index < -0.39 is 17.5 Å². The number of benzene rings is 2. The molecule has 0 unspecified atom stereocenters. The molecule has 0 fully saturated rings. The van der Waals surface area contributed by atoms with Crippen LogP contribution in [0.5, 0.6) is 11.5 Å². The lowest BCUT2D eigenvalue weighted by Gasteiger charge is -2.08. The first kappa shape index (κ1) is 14.6. The number of carbonyl (C=O) groups is 1. The van der Waals surface area contributed by atoms with E-state index in [1.54, 1.807) is 24.3 Å². The SMILES string of the molecule is O=C(c1ccc(Oc2ccc(Br)cc2)cc1)C(F)(F)F. The van der Waals surface area contributed by atoms with Gasteiger partial charge < -0.3 is 4.74 Å². The monoisotopic (exact) mass is 344 g/mol. The summed E-state index contributed by atoms with van der Waals surface area (Å²) in [6, 6.07) is 11.8. The lowest BCUT2D eigenvalue weighted by molar-refractivity contribution is -0.0885. The molecule has 104 valence electrons. The average Bonchev–Trinajstić information content (AvgIpc) is 2.40. The van der Waals surface area contributed by atoms with Crippen LogP contribution in [0.4, 0.5) is 13.2 Å². The first-order chi connectivity index (χ1) is 9.36. The molecule has 20 heavy (non-hydrogen) atoms. The molecular formula is C14H8BrF3O2. The fraction of sp³-hybridized carbons (Fsp3) is 0.0714. The standard InChI is InChI=1S/C14H8BrF3O2/c15-10-3-7-12(8-4-10)20-11-5-1-9(2-6-11)13(19)14(16,17)18/h1-8H. The average molecular weight is 345 g/mol. The van der Waals surface area contributed by atoms with Crippen LogP contribution in [0.1, 0.15) is 10.4 Å². The van der Waals surface area contributed by atoms with Crippen molar-refractivity contribution in [3.8, 4) is 11.5 Å². The summed E-state index contributed by atoms with van der Waals surface area (Å²) in [5.74, 6) is -0.971. The third-order valence-electron chi connectivity index (χ3n) is 2.42. The number of hydrogen-bond acceptors (Lipinski definition) is 2. The summed E-state index contributed by atoms with van der Waals surface area (Å²) in [5, 5.41) is 0. The third-order valence-corrected chi connectivity index (χ3v) is 2.95. The van der Waals surface area contributed by atoms with Crippen LogP contribution in [0.2, 0.25) is 0 Å². The molecule has 0 heterocycles. The van der Waals surface area contributed by atoms with E-state index >= 15 is 0 Å². The van der Waals surface area contributed by atoms with E-state index in [1.807, 2.05) is 0 Å². The maximum atomic E-state index is 12.2. The molecule has 0 N–H and O–H groups in total. The lowest BCUT2D eigenvalue weighted by atomic mass is 10.1. The maximum absolute atomic E-state index is 12.2. The van der Waals surface area contributed by atoms with Crippen LogP contribution < -0.4 is 4.74 Å². The number of Topliss-reactive ketones (excluding diaryl/α,β-unsaturated/α-hetero) is 1. The Bertz CT molecular complexity index is 604. The predicted octanol–water partition coefficient (Wildman–Crippen LogP) is 4.99. The van der Waals surface area contributed by atoms with Crippen LogP contribution in [-0.4, -0.2) is 12.0 Å². The van der Waals surface area contributed by atoms with Gasteiger partial charge in [0.05, 0.1) is 0 Å². The summed E-state index contributed by atoms with van der Waals surface area (Å²) < 4.78 is 43.0. The van der Waals surface area contributed by atoms with Gasteiger partial charge in [0.15, 0.2) is 0 Å². The second kappa shape index (κ2) is 5.66. The van der Waals surface area contributed by atoms with Crippen LogP contribution in [0.15, 0.2) is 53.0 Å². The Hall–Kier alpha value is -1.82. The van der Waals surface area contributed by atoms with Crippen LogP contribution >= 0.6 is 15.9 Å². The predicted molar refractivity (Wildman–Crippen MR) is 71.0 cm³/mol. The number of carbonyl (C=O) groups excluding carboxylic acids is 1. The molecule has 0 saturated carbocycles. The van der Waals surface area contributed by atoms with Gasteiger partial charge in [-0.2, -0.15) is 13.2 Å². The Morgan fingerprint density at radius 1 is 0.900 bits per heavy atom. The summed E-state index contributed by atoms with van der Waals surface area (Å²) in [6.45, 7) is 0. The van der Waals surface area contributed by atoms with Crippen molar-refractivity contribution < 1.29 is 22.7 Å². The minimum Gasteiger partial charge on any atom is -0.457 e. The Labute approximate surface area is 121 Å². The van der Waals surface area contributed by atoms with Crippen molar-refractivity contribution in [3.05, 3.63) is 58.6 Å². The van der Waals surface area contributed by atoms with Crippen molar-refractivity contribution in [1.29, 1.82) is 0 Å². The molecule has 2 aromatic carbocycles. The molecule has 0 aliphatic carbocycles. The topological polar surface area (TPSA) is 26.3 Å². The molecule has 0 atom stereocenters. The molecular weight excluding hydrogens is 337 g/mol. The van der Waals surface area contributed by atoms with Crippen molar-refractivity contribution in [3.63, 3.8) is 0 Å². The van der Waals surface area contributed by atoms with Gasteiger partial charge in [-0.1, -0.05) is 15.9 Å². The fourth-order valence-corrected chi connectivity index (χ4v) is 1.74. The second-order valence-corrected chi connectivity index (χ2v) is 4.82. The summed E-state index contributed by atoms with van der Waals surface area (Å²) in [6.07, 6.45) is -4.87. The lowest BCUT2D eigenvalue weighted by Crippen LogP contribution is -2.22. The van der Waals surface area contributed by atoms with Gasteiger partial charge in [0, 0.05) is 10.0 Å². The van der Waals surface area contributed by atoms with Crippen molar-refractivity contribution in [2.45, 2.75) is 6.18 Å². The van der Waals surface area contributed by atoms with E-state index in [4.69, 9.17) is 4.74 Å². The van der Waals surface area contributed by atoms with Crippen molar-refractivity contribution in [1.82, 2.24) is 0 Å². The molecule has 0 spiro atoms. The van der Waals surface area contributed by atoms with Crippen LogP contribution in [-0.2, 0) is 0 Å². The van der Waals surface area contributed by atoms with Gasteiger partial charge in [0.2, 0.25) is 0 Å². The summed E-state index contributed by atoms with van der Waals surface area (Å²) in [7, 11) is 0. The molecule has 0 aliphatic rings. The molecule has 0 aliphatic heterocycles. The number of rotatable bonds is 3. The summed E-state index contributed by atoms with van der Waals surface area (Å²) >= 11 is 3.28. The molecule has 0 bridgehead atoms. The van der Waals surface area contributed by atoms with E-state index in [2.05, 4.69) is 15.9 Å². The molecule has 2 nitrogen and oxygen atoms in total. The van der Waals surface area contributed by atoms with Gasteiger partial charge in [-0.15, -0.1) is 0 Å². The maximum Gasteiger partial charge on any atom is 0.454 e. The Kier molecular flexibility index (Phi) is 4.13. The van der Waals surface area contributed by atoms with Crippen LogP contribution in [0, 0.1) is 0 Å². The molecule has 6 heteroatoms. The Morgan fingerprint density at radius 3 is 1.80 bits per heavy atom. The van der Waals surface area contributed by atoms with E-state index in [1.165, 1.54) is 12.1 Å². The number of alkyl halides is 3. The van der Waals surface area contributed by atoms with Gasteiger partial charge in [0.1, 0.15) is 11.5 Å². The minimum atomic E-state index is -4.87. The normalized spacial score (nSPS) is 11.2. The molecule has 0 aromatic heterocycles. The van der Waals surface area contributed by atoms with Crippen LogP contribution in [0.25, 0.3) is 0 Å². The largest absolute Gasteiger partial charge is 0.457 e. The number of halogens is 4. The Morgan fingerprint density at radius 2 is 1.35 bits per heavy atom. The first-order valence-electron chi connectivity index (χ1n) is 5.51. The van der Waals surface area contributed by atoms with Gasteiger partial charge in [-0.05, 0) is 48.5 Å². The summed E-state index contributed by atoms with van der Waals surface area (Å²) in [4.78, 5) is 11.0. The zero-order valence-corrected chi connectivity index (χ0v) is 11.5. The number of ketones is 1. The van der Waals surface area contributed by atoms with Gasteiger partial charge in [-0.25, -0.2) is 0 Å². The highest BCUT2D eigenvalue weighted by Gasteiger charge is 2.39. The highest BCUT2D eigenvalue weighted by Crippen LogP contribution is 2.26.